The van der Waals surface area contributed by atoms with Crippen molar-refractivity contribution in [3.8, 4) is 0 Å². The summed E-state index contributed by atoms with van der Waals surface area (Å²) in [4.78, 5) is 0. The number of allylic oxidation sites excluding steroid dienone is 1. The SMILES string of the molecule is CCCCCCCCCCCC/C=C\[C@H]1OC(C)(C)O[C@H]1[C@H](O)CO[C@H]1O[C@H](COCc2ccccc2)[C@H](OCc2ccccc2)[C@H](OCc2ccccc2)[C@H]1OCc1ccccc1. The first-order valence-corrected chi connectivity index (χ1v) is 23.9. The molecule has 348 valence electrons. The fourth-order valence-corrected chi connectivity index (χ4v) is 8.41. The highest BCUT2D eigenvalue weighted by Crippen LogP contribution is 2.34. The summed E-state index contributed by atoms with van der Waals surface area (Å²) in [5, 5.41) is 11.8. The minimum Gasteiger partial charge on any atom is -0.388 e. The second-order valence-electron chi connectivity index (χ2n) is 17.7. The lowest BCUT2D eigenvalue weighted by Crippen LogP contribution is -2.62. The number of rotatable bonds is 29. The van der Waals surface area contributed by atoms with Crippen LogP contribution >= 0.6 is 0 Å². The Morgan fingerprint density at radius 1 is 0.562 bits per heavy atom. The van der Waals surface area contributed by atoms with E-state index in [9.17, 15) is 5.11 Å². The Morgan fingerprint density at radius 2 is 1.03 bits per heavy atom. The van der Waals surface area contributed by atoms with E-state index in [2.05, 4.69) is 13.0 Å². The summed E-state index contributed by atoms with van der Waals surface area (Å²) >= 11 is 0. The Hall–Kier alpha value is -3.74. The minimum absolute atomic E-state index is 0.0959. The van der Waals surface area contributed by atoms with Gasteiger partial charge in [0.25, 0.3) is 0 Å². The van der Waals surface area contributed by atoms with Crippen molar-refractivity contribution >= 4 is 0 Å². The zero-order valence-corrected chi connectivity index (χ0v) is 38.6. The zero-order chi connectivity index (χ0) is 44.7. The molecule has 0 aromatic heterocycles. The van der Waals surface area contributed by atoms with Gasteiger partial charge in [-0.1, -0.05) is 198 Å². The lowest BCUT2D eigenvalue weighted by atomic mass is 9.97. The maximum atomic E-state index is 11.8. The molecule has 4 aromatic carbocycles. The molecule has 64 heavy (non-hydrogen) atoms. The molecule has 2 saturated heterocycles. The molecule has 0 amide bonds. The Labute approximate surface area is 383 Å². The molecule has 2 fully saturated rings. The van der Waals surface area contributed by atoms with Gasteiger partial charge in [0.1, 0.15) is 42.7 Å². The first kappa shape index (κ1) is 49.7. The second kappa shape index (κ2) is 27.7. The Bertz CT molecular complexity index is 1830. The van der Waals surface area contributed by atoms with Gasteiger partial charge >= 0.3 is 0 Å². The van der Waals surface area contributed by atoms with E-state index in [1.165, 1.54) is 57.8 Å². The van der Waals surface area contributed by atoms with Crippen LogP contribution in [0.15, 0.2) is 133 Å². The van der Waals surface area contributed by atoms with E-state index in [0.29, 0.717) is 19.8 Å². The number of benzene rings is 4. The van der Waals surface area contributed by atoms with E-state index in [4.69, 9.17) is 37.9 Å². The summed E-state index contributed by atoms with van der Waals surface area (Å²) in [6, 6.07) is 40.2. The third-order valence-corrected chi connectivity index (χ3v) is 11.9. The van der Waals surface area contributed by atoms with Gasteiger partial charge in [-0.15, -0.1) is 0 Å². The standard InChI is InChI=1S/C55H74O9/c1-4-5-6-7-8-9-10-11-12-13-14-27-36-48-50(64-55(2,3)63-48)47(56)41-61-54-53(60-40-46-34-25-18-26-35-46)52(59-39-45-32-23-17-24-33-45)51(58-38-44-30-21-16-22-31-44)49(62-54)42-57-37-43-28-19-15-20-29-43/h15-36,47-54,56H,4-14,37-42H2,1-3H3/b36-27-/t47-,48-,49-,50+,51+,52+,53-,54+/m1/s1. The predicted octanol–water partition coefficient (Wildman–Crippen LogP) is 11.4. The fraction of sp³-hybridized carbons (Fsp3) is 0.527. The van der Waals surface area contributed by atoms with E-state index in [0.717, 1.165) is 35.1 Å². The van der Waals surface area contributed by atoms with Gasteiger partial charge in [0.05, 0.1) is 39.6 Å². The van der Waals surface area contributed by atoms with Crippen molar-refractivity contribution in [2.45, 2.75) is 173 Å². The average Bonchev–Trinajstić information content (AvgIpc) is 3.64. The number of unbranched alkanes of at least 4 members (excludes halogenated alkanes) is 10. The Balaban J connectivity index is 1.17. The van der Waals surface area contributed by atoms with E-state index in [1.54, 1.807) is 0 Å². The van der Waals surface area contributed by atoms with Gasteiger partial charge in [-0.25, -0.2) is 0 Å². The van der Waals surface area contributed by atoms with Gasteiger partial charge in [-0.3, -0.25) is 0 Å². The first-order chi connectivity index (χ1) is 31.4. The molecule has 9 nitrogen and oxygen atoms in total. The van der Waals surface area contributed by atoms with Crippen LogP contribution in [0.1, 0.15) is 114 Å². The topological polar surface area (TPSA) is 94.1 Å². The zero-order valence-electron chi connectivity index (χ0n) is 38.6. The van der Waals surface area contributed by atoms with Crippen LogP contribution in [-0.4, -0.2) is 73.1 Å². The molecule has 0 spiro atoms. The smallest absolute Gasteiger partial charge is 0.187 e. The van der Waals surface area contributed by atoms with Crippen molar-refractivity contribution in [1.82, 2.24) is 0 Å². The largest absolute Gasteiger partial charge is 0.388 e. The minimum atomic E-state index is -1.03. The molecule has 8 atom stereocenters. The molecule has 0 bridgehead atoms. The fourth-order valence-electron chi connectivity index (χ4n) is 8.41. The molecule has 0 unspecified atom stereocenters. The van der Waals surface area contributed by atoms with Gasteiger partial charge in [0, 0.05) is 0 Å². The maximum absolute atomic E-state index is 11.8. The van der Waals surface area contributed by atoms with Crippen molar-refractivity contribution < 1.29 is 43.0 Å². The lowest BCUT2D eigenvalue weighted by molar-refractivity contribution is -0.332. The lowest BCUT2D eigenvalue weighted by Gasteiger charge is -2.46. The Morgan fingerprint density at radius 3 is 1.56 bits per heavy atom. The monoisotopic (exact) mass is 879 g/mol. The van der Waals surface area contributed by atoms with Crippen LogP contribution in [0.5, 0.6) is 0 Å². The number of aliphatic hydroxyl groups is 1. The van der Waals surface area contributed by atoms with Crippen molar-refractivity contribution in [3.05, 3.63) is 156 Å². The summed E-state index contributed by atoms with van der Waals surface area (Å²) in [5.41, 5.74) is 4.07. The number of aliphatic hydroxyl groups excluding tert-OH is 1. The van der Waals surface area contributed by atoms with E-state index >= 15 is 0 Å². The molecule has 0 aliphatic carbocycles. The van der Waals surface area contributed by atoms with E-state index in [-0.39, 0.29) is 19.8 Å². The van der Waals surface area contributed by atoms with Crippen molar-refractivity contribution in [2.24, 2.45) is 0 Å². The molecule has 2 aliphatic heterocycles. The predicted molar refractivity (Wildman–Crippen MR) is 251 cm³/mol. The maximum Gasteiger partial charge on any atom is 0.187 e. The van der Waals surface area contributed by atoms with Gasteiger partial charge < -0.3 is 43.0 Å². The summed E-state index contributed by atoms with van der Waals surface area (Å²) in [6.45, 7) is 7.44. The van der Waals surface area contributed by atoms with Crippen molar-refractivity contribution in [2.75, 3.05) is 13.2 Å². The van der Waals surface area contributed by atoms with Gasteiger partial charge in [0.2, 0.25) is 0 Å². The molecule has 6 rings (SSSR count). The summed E-state index contributed by atoms with van der Waals surface area (Å²) < 4.78 is 52.9. The van der Waals surface area contributed by atoms with Crippen molar-refractivity contribution in [1.29, 1.82) is 0 Å². The highest BCUT2D eigenvalue weighted by atomic mass is 16.8. The van der Waals surface area contributed by atoms with Crippen LogP contribution < -0.4 is 0 Å². The van der Waals surface area contributed by atoms with Gasteiger partial charge in [0.15, 0.2) is 12.1 Å². The molecule has 4 aromatic rings. The highest BCUT2D eigenvalue weighted by Gasteiger charge is 2.50. The quantitative estimate of drug-likeness (QED) is 0.0423. The van der Waals surface area contributed by atoms with Crippen LogP contribution in [0.3, 0.4) is 0 Å². The average molecular weight is 879 g/mol. The van der Waals surface area contributed by atoms with Crippen LogP contribution in [0, 0.1) is 0 Å². The molecule has 2 heterocycles. The van der Waals surface area contributed by atoms with Crippen LogP contribution in [-0.2, 0) is 64.3 Å². The second-order valence-corrected chi connectivity index (χ2v) is 17.7. The van der Waals surface area contributed by atoms with Gasteiger partial charge in [-0.2, -0.15) is 0 Å². The molecule has 9 heteroatoms. The normalized spacial score (nSPS) is 23.7. The number of hydrogen-bond donors (Lipinski definition) is 1. The molecule has 2 aliphatic rings. The summed E-state index contributed by atoms with van der Waals surface area (Å²) in [5.74, 6) is -0.874. The third-order valence-electron chi connectivity index (χ3n) is 11.9. The first-order valence-electron chi connectivity index (χ1n) is 23.9. The molecular weight excluding hydrogens is 805 g/mol. The molecular formula is C55H74O9. The van der Waals surface area contributed by atoms with E-state index in [1.807, 2.05) is 141 Å². The van der Waals surface area contributed by atoms with Gasteiger partial charge in [-0.05, 0) is 48.9 Å². The van der Waals surface area contributed by atoms with Crippen LogP contribution in [0.2, 0.25) is 0 Å². The van der Waals surface area contributed by atoms with Crippen LogP contribution in [0.4, 0.5) is 0 Å². The summed E-state index contributed by atoms with van der Waals surface area (Å²) in [6.07, 6.45) is 12.5. The Kier molecular flexibility index (Phi) is 21.5. The van der Waals surface area contributed by atoms with Crippen molar-refractivity contribution in [3.63, 3.8) is 0 Å². The number of hydrogen-bond acceptors (Lipinski definition) is 9. The highest BCUT2D eigenvalue weighted by molar-refractivity contribution is 5.16. The number of ether oxygens (including phenoxy) is 8. The molecule has 0 radical (unpaired) electrons. The summed E-state index contributed by atoms with van der Waals surface area (Å²) in [7, 11) is 0. The third kappa shape index (κ3) is 16.9. The molecule has 0 saturated carbocycles. The molecule has 1 N–H and O–H groups in total. The van der Waals surface area contributed by atoms with E-state index < -0.39 is 54.8 Å². The van der Waals surface area contributed by atoms with Crippen LogP contribution in [0.25, 0.3) is 0 Å².